The van der Waals surface area contributed by atoms with E-state index in [0.717, 1.165) is 37.2 Å². The van der Waals surface area contributed by atoms with Gasteiger partial charge in [0.25, 0.3) is 0 Å². The number of nitrogens with one attached hydrogen (secondary N) is 1. The van der Waals surface area contributed by atoms with E-state index < -0.39 is 10.0 Å². The molecule has 21 heavy (non-hydrogen) atoms. The summed E-state index contributed by atoms with van der Waals surface area (Å²) < 4.78 is 22.8. The van der Waals surface area contributed by atoms with Gasteiger partial charge in [0.15, 0.2) is 0 Å². The van der Waals surface area contributed by atoms with Crippen LogP contribution in [0, 0.1) is 6.92 Å². The van der Waals surface area contributed by atoms with Gasteiger partial charge in [-0.1, -0.05) is 6.07 Å². The molecule has 0 spiro atoms. The average Bonchev–Trinajstić information content (AvgIpc) is 2.40. The first-order chi connectivity index (χ1) is 9.77. The van der Waals surface area contributed by atoms with Gasteiger partial charge in [-0.2, -0.15) is 0 Å². The molecule has 7 heteroatoms. The second kappa shape index (κ2) is 6.03. The Bertz CT molecular complexity index is 635. The number of piperidine rings is 1. The summed E-state index contributed by atoms with van der Waals surface area (Å²) in [6.45, 7) is 4.94. The summed E-state index contributed by atoms with van der Waals surface area (Å²) in [6.07, 6.45) is 1.69. The lowest BCUT2D eigenvalue weighted by atomic mass is 10.0. The lowest BCUT2D eigenvalue weighted by Gasteiger charge is -2.32. The Balaban J connectivity index is 2.09. The number of carbonyl (C=O) groups is 1. The molecule has 1 aliphatic rings. The average molecular weight is 311 g/mol. The normalized spacial score (nSPS) is 16.8. The summed E-state index contributed by atoms with van der Waals surface area (Å²) in [5, 5.41) is 8.52. The maximum absolute atomic E-state index is 11.4. The van der Waals surface area contributed by atoms with Crippen LogP contribution in [-0.2, 0) is 14.8 Å². The van der Waals surface area contributed by atoms with Gasteiger partial charge in [0.05, 0.1) is 4.90 Å². The summed E-state index contributed by atoms with van der Waals surface area (Å²) in [7, 11) is -3.70. The number of nitrogens with two attached hydrogens (primary N) is 1. The molecule has 1 aromatic rings. The van der Waals surface area contributed by atoms with Crippen molar-refractivity contribution in [3.63, 3.8) is 0 Å². The van der Waals surface area contributed by atoms with Gasteiger partial charge in [-0.25, -0.2) is 13.6 Å². The molecule has 2 rings (SSSR count). The molecule has 6 nitrogen and oxygen atoms in total. The Morgan fingerprint density at radius 2 is 1.95 bits per heavy atom. The lowest BCUT2D eigenvalue weighted by molar-refractivity contribution is -0.129. The number of benzene rings is 1. The predicted molar refractivity (Wildman–Crippen MR) is 81.5 cm³/mol. The van der Waals surface area contributed by atoms with Crippen molar-refractivity contribution in [1.29, 1.82) is 0 Å². The van der Waals surface area contributed by atoms with E-state index in [2.05, 4.69) is 5.32 Å². The Kier molecular flexibility index (Phi) is 4.53. The fraction of sp³-hybridized carbons (Fsp3) is 0.500. The molecule has 1 saturated heterocycles. The predicted octanol–water partition coefficient (Wildman–Crippen LogP) is 1.07. The van der Waals surface area contributed by atoms with Crippen molar-refractivity contribution in [3.05, 3.63) is 23.8 Å². The monoisotopic (exact) mass is 311 g/mol. The van der Waals surface area contributed by atoms with Crippen molar-refractivity contribution >= 4 is 21.6 Å². The quantitative estimate of drug-likeness (QED) is 0.873. The molecule has 0 aliphatic carbocycles. The van der Waals surface area contributed by atoms with Crippen molar-refractivity contribution in [2.45, 2.75) is 37.6 Å². The van der Waals surface area contributed by atoms with Crippen molar-refractivity contribution < 1.29 is 13.2 Å². The molecule has 1 aromatic carbocycles. The van der Waals surface area contributed by atoms with E-state index in [9.17, 15) is 13.2 Å². The molecule has 116 valence electrons. The highest BCUT2D eigenvalue weighted by molar-refractivity contribution is 7.89. The van der Waals surface area contributed by atoms with Crippen LogP contribution in [0.15, 0.2) is 23.1 Å². The van der Waals surface area contributed by atoms with Crippen LogP contribution in [0.25, 0.3) is 0 Å². The number of amides is 1. The third-order valence-corrected chi connectivity index (χ3v) is 4.75. The van der Waals surface area contributed by atoms with Gasteiger partial charge < -0.3 is 10.2 Å². The van der Waals surface area contributed by atoms with E-state index in [1.807, 2.05) is 11.8 Å². The van der Waals surface area contributed by atoms with Gasteiger partial charge in [0.2, 0.25) is 15.9 Å². The van der Waals surface area contributed by atoms with Gasteiger partial charge in [-0.05, 0) is 37.5 Å². The number of nitrogens with zero attached hydrogens (tertiary/aromatic N) is 1. The molecular weight excluding hydrogens is 290 g/mol. The maximum Gasteiger partial charge on any atom is 0.238 e. The number of anilines is 1. The van der Waals surface area contributed by atoms with E-state index in [1.165, 1.54) is 6.07 Å². The fourth-order valence-electron chi connectivity index (χ4n) is 2.49. The first kappa shape index (κ1) is 15.8. The summed E-state index contributed by atoms with van der Waals surface area (Å²) in [6, 6.07) is 5.05. The highest BCUT2D eigenvalue weighted by atomic mass is 32.2. The number of carbonyl (C=O) groups excluding carboxylic acids is 1. The number of likely N-dealkylation sites (tertiary alicyclic amines) is 1. The minimum Gasteiger partial charge on any atom is -0.382 e. The van der Waals surface area contributed by atoms with Crippen LogP contribution in [-0.4, -0.2) is 38.4 Å². The molecule has 3 N–H and O–H groups in total. The molecule has 1 amide bonds. The van der Waals surface area contributed by atoms with Crippen LogP contribution >= 0.6 is 0 Å². The molecule has 0 atom stereocenters. The molecule has 0 radical (unpaired) electrons. The Morgan fingerprint density at radius 3 is 2.48 bits per heavy atom. The van der Waals surface area contributed by atoms with Crippen molar-refractivity contribution in [2.24, 2.45) is 5.14 Å². The molecule has 1 heterocycles. The molecule has 0 bridgehead atoms. The van der Waals surface area contributed by atoms with E-state index in [0.29, 0.717) is 0 Å². The molecule has 1 fully saturated rings. The van der Waals surface area contributed by atoms with Crippen LogP contribution in [0.1, 0.15) is 25.3 Å². The van der Waals surface area contributed by atoms with Crippen LogP contribution in [0.2, 0.25) is 0 Å². The van der Waals surface area contributed by atoms with Gasteiger partial charge in [-0.15, -0.1) is 0 Å². The second-order valence-corrected chi connectivity index (χ2v) is 7.01. The zero-order valence-electron chi connectivity index (χ0n) is 12.3. The fourth-order valence-corrected chi connectivity index (χ4v) is 3.03. The van der Waals surface area contributed by atoms with Gasteiger partial charge in [-0.3, -0.25) is 4.79 Å². The Labute approximate surface area is 125 Å². The van der Waals surface area contributed by atoms with E-state index in [1.54, 1.807) is 19.1 Å². The van der Waals surface area contributed by atoms with Crippen molar-refractivity contribution in [2.75, 3.05) is 18.4 Å². The van der Waals surface area contributed by atoms with Crippen LogP contribution < -0.4 is 10.5 Å². The third-order valence-electron chi connectivity index (χ3n) is 3.84. The van der Waals surface area contributed by atoms with Gasteiger partial charge >= 0.3 is 0 Å². The van der Waals surface area contributed by atoms with Crippen LogP contribution in [0.3, 0.4) is 0 Å². The van der Waals surface area contributed by atoms with Gasteiger partial charge in [0, 0.05) is 31.7 Å². The zero-order chi connectivity index (χ0) is 15.6. The minimum atomic E-state index is -3.70. The summed E-state index contributed by atoms with van der Waals surface area (Å²) in [5.74, 6) is 0.0980. The first-order valence-electron chi connectivity index (χ1n) is 6.93. The van der Waals surface area contributed by atoms with Crippen molar-refractivity contribution in [1.82, 2.24) is 4.90 Å². The summed E-state index contributed by atoms with van der Waals surface area (Å²) in [4.78, 5) is 13.2. The maximum atomic E-state index is 11.4. The molecule has 0 saturated carbocycles. The number of primary sulfonamides is 1. The smallest absolute Gasteiger partial charge is 0.238 e. The minimum absolute atomic E-state index is 0.0980. The largest absolute Gasteiger partial charge is 0.382 e. The standard InChI is InChI=1S/C14H21N3O3S/c1-10-3-4-13(21(15,19)20)9-14(10)16-12-5-7-17(8-6-12)11(2)18/h3-4,9,12,16H,5-8H2,1-2H3,(H2,15,19,20). The number of aryl methyl sites for hydroxylation is 1. The number of rotatable bonds is 3. The van der Waals surface area contributed by atoms with E-state index in [4.69, 9.17) is 5.14 Å². The van der Waals surface area contributed by atoms with Crippen molar-refractivity contribution in [3.8, 4) is 0 Å². The zero-order valence-corrected chi connectivity index (χ0v) is 13.1. The first-order valence-corrected chi connectivity index (χ1v) is 8.47. The Hall–Kier alpha value is -1.60. The van der Waals surface area contributed by atoms with Gasteiger partial charge in [0.1, 0.15) is 0 Å². The molecular formula is C14H21N3O3S. The van der Waals surface area contributed by atoms with Crippen LogP contribution in [0.5, 0.6) is 0 Å². The summed E-state index contributed by atoms with van der Waals surface area (Å²) >= 11 is 0. The number of sulfonamides is 1. The van der Waals surface area contributed by atoms with Crippen LogP contribution in [0.4, 0.5) is 5.69 Å². The molecule has 0 unspecified atom stereocenters. The van der Waals surface area contributed by atoms with E-state index >= 15 is 0 Å². The lowest BCUT2D eigenvalue weighted by Crippen LogP contribution is -2.41. The topological polar surface area (TPSA) is 92.5 Å². The Morgan fingerprint density at radius 1 is 1.33 bits per heavy atom. The van der Waals surface area contributed by atoms with E-state index in [-0.39, 0.29) is 16.8 Å². The summed E-state index contributed by atoms with van der Waals surface area (Å²) in [5.41, 5.74) is 1.75. The highest BCUT2D eigenvalue weighted by Gasteiger charge is 2.21. The second-order valence-electron chi connectivity index (χ2n) is 5.45. The SMILES string of the molecule is CC(=O)N1CCC(Nc2cc(S(N)(=O)=O)ccc2C)CC1. The number of hydrogen-bond acceptors (Lipinski definition) is 4. The highest BCUT2D eigenvalue weighted by Crippen LogP contribution is 2.23. The number of hydrogen-bond donors (Lipinski definition) is 2. The molecule has 1 aliphatic heterocycles. The molecule has 0 aromatic heterocycles. The third kappa shape index (κ3) is 3.95.